The second kappa shape index (κ2) is 4.65. The number of carbonyl (C=O) groups excluding carboxylic acids is 1. The molecule has 0 aliphatic heterocycles. The molecule has 3 aromatic rings. The highest BCUT2D eigenvalue weighted by Gasteiger charge is 2.11. The van der Waals surface area contributed by atoms with E-state index in [-0.39, 0.29) is 11.5 Å². The fourth-order valence-corrected chi connectivity index (χ4v) is 2.50. The number of halogens is 1. The van der Waals surface area contributed by atoms with Gasteiger partial charge in [0.25, 0.3) is 0 Å². The molecule has 4 nitrogen and oxygen atoms in total. The van der Waals surface area contributed by atoms with Crippen LogP contribution in [-0.4, -0.2) is 15.8 Å². The highest BCUT2D eigenvalue weighted by Crippen LogP contribution is 2.19. The molecule has 0 radical (unpaired) electrons. The van der Waals surface area contributed by atoms with E-state index in [0.717, 1.165) is 5.56 Å². The number of fused-ring (bicyclic) bond motifs is 1. The Morgan fingerprint density at radius 1 is 1.00 bits per heavy atom. The zero-order valence-electron chi connectivity index (χ0n) is 10.7. The van der Waals surface area contributed by atoms with Gasteiger partial charge >= 0.3 is 5.69 Å². The van der Waals surface area contributed by atoms with Gasteiger partial charge in [0.2, 0.25) is 0 Å². The number of benzene rings is 2. The summed E-state index contributed by atoms with van der Waals surface area (Å²) >= 11 is 5.98. The van der Waals surface area contributed by atoms with E-state index in [4.69, 9.17) is 11.6 Å². The van der Waals surface area contributed by atoms with Crippen LogP contribution in [0.15, 0.2) is 41.2 Å². The molecule has 3 rings (SSSR count). The minimum Gasteiger partial charge on any atom is -0.306 e. The highest BCUT2D eigenvalue weighted by atomic mass is 35.5. The third-order valence-electron chi connectivity index (χ3n) is 3.08. The van der Waals surface area contributed by atoms with Gasteiger partial charge in [0.15, 0.2) is 5.78 Å². The van der Waals surface area contributed by atoms with Gasteiger partial charge in [-0.2, -0.15) is 0 Å². The van der Waals surface area contributed by atoms with Crippen LogP contribution in [0.3, 0.4) is 0 Å². The number of rotatable bonds is 2. The van der Waals surface area contributed by atoms with E-state index in [1.165, 1.54) is 0 Å². The molecular formula is C15H11ClN2O2. The fourth-order valence-electron chi connectivity index (χ4n) is 2.21. The van der Waals surface area contributed by atoms with Crippen LogP contribution in [0.25, 0.3) is 11.0 Å². The minimum atomic E-state index is -0.289. The van der Waals surface area contributed by atoms with Gasteiger partial charge in [-0.15, -0.1) is 0 Å². The van der Waals surface area contributed by atoms with E-state index < -0.39 is 0 Å². The number of hydrogen-bond donors (Lipinski definition) is 2. The van der Waals surface area contributed by atoms with E-state index in [0.29, 0.717) is 27.2 Å². The molecule has 20 heavy (non-hydrogen) atoms. The predicted molar refractivity (Wildman–Crippen MR) is 78.5 cm³/mol. The number of aromatic nitrogens is 2. The lowest BCUT2D eigenvalue weighted by Gasteiger charge is -2.04. The van der Waals surface area contributed by atoms with Crippen molar-refractivity contribution < 1.29 is 4.79 Å². The van der Waals surface area contributed by atoms with Gasteiger partial charge in [0.1, 0.15) is 0 Å². The van der Waals surface area contributed by atoms with Gasteiger partial charge in [0.05, 0.1) is 11.0 Å². The van der Waals surface area contributed by atoms with Crippen LogP contribution in [0.2, 0.25) is 5.02 Å². The topological polar surface area (TPSA) is 65.7 Å². The fraction of sp³-hybridized carbons (Fsp3) is 0.0667. The summed E-state index contributed by atoms with van der Waals surface area (Å²) in [6, 6.07) is 10.3. The Morgan fingerprint density at radius 3 is 2.50 bits per heavy atom. The Hall–Kier alpha value is -2.33. The summed E-state index contributed by atoms with van der Waals surface area (Å²) in [6.07, 6.45) is 0. The lowest BCUT2D eigenvalue weighted by atomic mass is 10.0. The average Bonchev–Trinajstić information content (AvgIpc) is 2.75. The summed E-state index contributed by atoms with van der Waals surface area (Å²) in [5.74, 6) is -0.125. The molecule has 0 atom stereocenters. The molecule has 0 unspecified atom stereocenters. The number of hydrogen-bond acceptors (Lipinski definition) is 2. The van der Waals surface area contributed by atoms with Crippen molar-refractivity contribution in [1.82, 2.24) is 9.97 Å². The van der Waals surface area contributed by atoms with Crippen LogP contribution in [0, 0.1) is 6.92 Å². The maximum Gasteiger partial charge on any atom is 0.323 e. The highest BCUT2D eigenvalue weighted by molar-refractivity contribution is 6.31. The summed E-state index contributed by atoms with van der Waals surface area (Å²) in [6.45, 7) is 1.88. The van der Waals surface area contributed by atoms with E-state index in [1.54, 1.807) is 36.4 Å². The first-order valence-corrected chi connectivity index (χ1v) is 6.45. The number of aryl methyl sites for hydroxylation is 1. The first-order valence-electron chi connectivity index (χ1n) is 6.07. The standard InChI is InChI=1S/C15H11ClN2O2/c1-8-4-10(6-11(16)5-8)14(19)9-2-3-12-13(7-9)18-15(20)17-12/h2-7H,1H3,(H2,17,18,20). The summed E-state index contributed by atoms with van der Waals surface area (Å²) in [5.41, 5.74) is 2.97. The maximum atomic E-state index is 12.4. The molecule has 0 spiro atoms. The zero-order valence-corrected chi connectivity index (χ0v) is 11.4. The van der Waals surface area contributed by atoms with Gasteiger partial charge in [-0.3, -0.25) is 4.79 Å². The van der Waals surface area contributed by atoms with Crippen molar-refractivity contribution in [2.75, 3.05) is 0 Å². The molecule has 100 valence electrons. The number of H-pyrrole nitrogens is 2. The van der Waals surface area contributed by atoms with E-state index in [1.807, 2.05) is 6.92 Å². The monoisotopic (exact) mass is 286 g/mol. The maximum absolute atomic E-state index is 12.4. The molecule has 1 aromatic heterocycles. The SMILES string of the molecule is Cc1cc(Cl)cc(C(=O)c2ccc3[nH]c(=O)[nH]c3c2)c1. The number of carbonyl (C=O) groups is 1. The lowest BCUT2D eigenvalue weighted by molar-refractivity contribution is 0.103. The third kappa shape index (κ3) is 2.26. The molecule has 5 heteroatoms. The Kier molecular flexibility index (Phi) is 2.95. The van der Waals surface area contributed by atoms with Gasteiger partial charge < -0.3 is 9.97 Å². The van der Waals surface area contributed by atoms with E-state index in [2.05, 4.69) is 9.97 Å². The van der Waals surface area contributed by atoms with Crippen molar-refractivity contribution in [1.29, 1.82) is 0 Å². The zero-order chi connectivity index (χ0) is 14.3. The van der Waals surface area contributed by atoms with Crippen molar-refractivity contribution in [3.8, 4) is 0 Å². The van der Waals surface area contributed by atoms with Gasteiger partial charge in [-0.25, -0.2) is 4.79 Å². The van der Waals surface area contributed by atoms with Crippen LogP contribution in [0.4, 0.5) is 0 Å². The van der Waals surface area contributed by atoms with Crippen LogP contribution < -0.4 is 5.69 Å². The molecule has 0 amide bonds. The lowest BCUT2D eigenvalue weighted by Crippen LogP contribution is -2.01. The second-order valence-electron chi connectivity index (χ2n) is 4.69. The van der Waals surface area contributed by atoms with Crippen molar-refractivity contribution in [2.24, 2.45) is 0 Å². The van der Waals surface area contributed by atoms with Crippen LogP contribution in [-0.2, 0) is 0 Å². The van der Waals surface area contributed by atoms with Crippen LogP contribution >= 0.6 is 11.6 Å². The summed E-state index contributed by atoms with van der Waals surface area (Å²) < 4.78 is 0. The Morgan fingerprint density at radius 2 is 1.75 bits per heavy atom. The third-order valence-corrected chi connectivity index (χ3v) is 3.30. The largest absolute Gasteiger partial charge is 0.323 e. The van der Waals surface area contributed by atoms with E-state index >= 15 is 0 Å². The summed E-state index contributed by atoms with van der Waals surface area (Å²) in [7, 11) is 0. The van der Waals surface area contributed by atoms with Crippen LogP contribution in [0.1, 0.15) is 21.5 Å². The Balaban J connectivity index is 2.09. The first kappa shape index (κ1) is 12.7. The van der Waals surface area contributed by atoms with Crippen LogP contribution in [0.5, 0.6) is 0 Å². The Bertz CT molecular complexity index is 857. The van der Waals surface area contributed by atoms with Gasteiger partial charge in [-0.1, -0.05) is 11.6 Å². The van der Waals surface area contributed by atoms with Gasteiger partial charge in [-0.05, 0) is 48.9 Å². The number of imidazole rings is 1. The summed E-state index contributed by atoms with van der Waals surface area (Å²) in [4.78, 5) is 28.9. The molecule has 1 heterocycles. The molecule has 0 bridgehead atoms. The van der Waals surface area contributed by atoms with Crippen molar-refractivity contribution in [2.45, 2.75) is 6.92 Å². The smallest absolute Gasteiger partial charge is 0.306 e. The number of nitrogens with one attached hydrogen (secondary N) is 2. The average molecular weight is 287 g/mol. The molecule has 2 N–H and O–H groups in total. The molecule has 0 aliphatic carbocycles. The second-order valence-corrected chi connectivity index (χ2v) is 5.12. The molecule has 0 saturated carbocycles. The molecular weight excluding hydrogens is 276 g/mol. The normalized spacial score (nSPS) is 10.9. The number of aromatic amines is 2. The number of ketones is 1. The molecule has 0 aliphatic rings. The Labute approximate surface area is 119 Å². The van der Waals surface area contributed by atoms with E-state index in [9.17, 15) is 9.59 Å². The predicted octanol–water partition coefficient (Wildman–Crippen LogP) is 3.05. The first-order chi connectivity index (χ1) is 9.52. The minimum absolute atomic E-state index is 0.125. The van der Waals surface area contributed by atoms with Crippen molar-refractivity contribution >= 4 is 28.4 Å². The van der Waals surface area contributed by atoms with Crippen molar-refractivity contribution in [3.05, 3.63) is 68.6 Å². The molecule has 0 fully saturated rings. The molecule has 0 saturated heterocycles. The molecule has 2 aromatic carbocycles. The quantitative estimate of drug-likeness (QED) is 0.711. The van der Waals surface area contributed by atoms with Crippen molar-refractivity contribution in [3.63, 3.8) is 0 Å². The summed E-state index contributed by atoms with van der Waals surface area (Å²) in [5, 5.41) is 0.532. The van der Waals surface area contributed by atoms with Gasteiger partial charge in [0, 0.05) is 16.1 Å².